The topological polar surface area (TPSA) is 37.4 Å². The first-order chi connectivity index (χ1) is 14.8. The van der Waals surface area contributed by atoms with Crippen molar-refractivity contribution in [3.8, 4) is 0 Å². The Morgan fingerprint density at radius 3 is 1.45 bits per heavy atom. The van der Waals surface area contributed by atoms with Gasteiger partial charge in [0.25, 0.3) is 0 Å². The Bertz CT molecular complexity index is 499. The second-order valence-electron chi connectivity index (χ2n) is 10.8. The molecule has 0 N–H and O–H groups in total. The molecule has 2 atom stereocenters. The molecule has 1 amide bonds. The highest BCUT2D eigenvalue weighted by Gasteiger charge is 2.54. The van der Waals surface area contributed by atoms with Crippen LogP contribution in [0.15, 0.2) is 0 Å². The largest absolute Gasteiger partial charge is 0.346 e. The molecule has 0 bridgehead atoms. The molecule has 0 aromatic heterocycles. The maximum Gasteiger partial charge on any atom is 0.226 e. The van der Waals surface area contributed by atoms with Crippen LogP contribution in [0.2, 0.25) is 0 Å². The van der Waals surface area contributed by atoms with Gasteiger partial charge >= 0.3 is 0 Å². The van der Waals surface area contributed by atoms with Gasteiger partial charge in [-0.3, -0.25) is 9.59 Å². The molecule has 1 fully saturated rings. The van der Waals surface area contributed by atoms with Crippen molar-refractivity contribution in [2.45, 2.75) is 137 Å². The Kier molecular flexibility index (Phi) is 14.4. The number of rotatable bonds is 19. The summed E-state index contributed by atoms with van der Waals surface area (Å²) < 4.78 is 0. The van der Waals surface area contributed by atoms with E-state index in [2.05, 4.69) is 20.8 Å². The van der Waals surface area contributed by atoms with E-state index in [0.29, 0.717) is 0 Å². The van der Waals surface area contributed by atoms with Gasteiger partial charge in [0.2, 0.25) is 5.91 Å². The summed E-state index contributed by atoms with van der Waals surface area (Å²) in [7, 11) is 1.94. The molecule has 3 nitrogen and oxygen atoms in total. The van der Waals surface area contributed by atoms with Crippen LogP contribution >= 0.6 is 0 Å². The molecule has 1 aliphatic carbocycles. The number of carbonyl (C=O) groups is 2. The van der Waals surface area contributed by atoms with Crippen LogP contribution in [0.4, 0.5) is 0 Å². The van der Waals surface area contributed by atoms with E-state index in [1.807, 2.05) is 11.9 Å². The van der Waals surface area contributed by atoms with Gasteiger partial charge in [-0.05, 0) is 25.2 Å². The molecule has 31 heavy (non-hydrogen) atoms. The molecule has 0 radical (unpaired) electrons. The zero-order chi connectivity index (χ0) is 23.1. The molecule has 1 rings (SSSR count). The summed E-state index contributed by atoms with van der Waals surface area (Å²) in [6, 6.07) is 0. The molecule has 2 unspecified atom stereocenters. The summed E-state index contributed by atoms with van der Waals surface area (Å²) in [5.41, 5.74) is -0.175. The van der Waals surface area contributed by atoms with Crippen LogP contribution in [0.1, 0.15) is 137 Å². The summed E-state index contributed by atoms with van der Waals surface area (Å²) in [4.78, 5) is 26.3. The average Bonchev–Trinajstić information content (AvgIpc) is 2.72. The Labute approximate surface area is 194 Å². The molecule has 3 heteroatoms. The number of ketones is 1. The third-order valence-electron chi connectivity index (χ3n) is 7.78. The smallest absolute Gasteiger partial charge is 0.226 e. The Hall–Kier alpha value is -0.860. The van der Waals surface area contributed by atoms with Gasteiger partial charge in [-0.2, -0.15) is 0 Å². The molecule has 1 saturated carbocycles. The maximum absolute atomic E-state index is 12.7. The third kappa shape index (κ3) is 10.5. The van der Waals surface area contributed by atoms with E-state index >= 15 is 0 Å². The van der Waals surface area contributed by atoms with Gasteiger partial charge in [-0.15, -0.1) is 0 Å². The number of carbonyl (C=O) groups excluding carboxylic acids is 2. The molecule has 182 valence electrons. The summed E-state index contributed by atoms with van der Waals surface area (Å²) >= 11 is 0. The molecular weight excluding hydrogens is 382 g/mol. The normalized spacial score (nSPS) is 19.8. The van der Waals surface area contributed by atoms with E-state index in [9.17, 15) is 9.59 Å². The number of nitrogens with zero attached hydrogens (tertiary/aromatic N) is 1. The van der Waals surface area contributed by atoms with Crippen molar-refractivity contribution in [2.75, 3.05) is 13.6 Å². The molecular formula is C28H53NO2. The minimum atomic E-state index is -0.175. The Morgan fingerprint density at radius 2 is 1.10 bits per heavy atom. The summed E-state index contributed by atoms with van der Waals surface area (Å²) in [5, 5.41) is 0. The molecule has 0 aromatic carbocycles. The van der Waals surface area contributed by atoms with Crippen molar-refractivity contribution < 1.29 is 9.59 Å². The van der Waals surface area contributed by atoms with Crippen LogP contribution < -0.4 is 0 Å². The highest BCUT2D eigenvalue weighted by atomic mass is 16.2. The van der Waals surface area contributed by atoms with E-state index in [4.69, 9.17) is 0 Å². The van der Waals surface area contributed by atoms with Gasteiger partial charge in [0.15, 0.2) is 0 Å². The first kappa shape index (κ1) is 28.2. The molecule has 0 saturated heterocycles. The maximum atomic E-state index is 12.7. The second kappa shape index (κ2) is 15.9. The van der Waals surface area contributed by atoms with Gasteiger partial charge in [0, 0.05) is 25.4 Å². The molecule has 0 heterocycles. The lowest BCUT2D eigenvalue weighted by molar-refractivity contribution is -0.155. The number of Topliss-reactive ketones (excluding diaryl/α,β-unsaturated/α-hetero) is 1. The van der Waals surface area contributed by atoms with Crippen molar-refractivity contribution >= 4 is 11.7 Å². The van der Waals surface area contributed by atoms with Crippen molar-refractivity contribution in [3.05, 3.63) is 0 Å². The third-order valence-corrected chi connectivity index (χ3v) is 7.78. The highest BCUT2D eigenvalue weighted by molar-refractivity contribution is 5.87. The number of amides is 1. The molecule has 0 spiro atoms. The van der Waals surface area contributed by atoms with Gasteiger partial charge in [-0.25, -0.2) is 0 Å². The molecule has 0 aromatic rings. The SMILES string of the molecule is CCCCCCCCCCCCCCCCCCN(C)C(=O)C1CC(C(C)=O)C1(C)C. The predicted octanol–water partition coefficient (Wildman–Crippen LogP) is 7.96. The van der Waals surface area contributed by atoms with Crippen LogP contribution in [0.25, 0.3) is 0 Å². The van der Waals surface area contributed by atoms with E-state index in [-0.39, 0.29) is 28.9 Å². The Morgan fingerprint density at radius 1 is 0.710 bits per heavy atom. The van der Waals surface area contributed by atoms with Gasteiger partial charge in [0.05, 0.1) is 0 Å². The van der Waals surface area contributed by atoms with Crippen LogP contribution in [-0.4, -0.2) is 30.2 Å². The van der Waals surface area contributed by atoms with E-state index in [1.165, 1.54) is 96.3 Å². The van der Waals surface area contributed by atoms with Crippen LogP contribution in [-0.2, 0) is 9.59 Å². The lowest BCUT2D eigenvalue weighted by Gasteiger charge is -2.51. The number of hydrogen-bond acceptors (Lipinski definition) is 2. The van der Waals surface area contributed by atoms with Crippen molar-refractivity contribution in [1.29, 1.82) is 0 Å². The minimum Gasteiger partial charge on any atom is -0.346 e. The van der Waals surface area contributed by atoms with Gasteiger partial charge < -0.3 is 4.90 Å². The van der Waals surface area contributed by atoms with Crippen molar-refractivity contribution in [3.63, 3.8) is 0 Å². The number of hydrogen-bond donors (Lipinski definition) is 0. The van der Waals surface area contributed by atoms with Gasteiger partial charge in [-0.1, -0.05) is 117 Å². The zero-order valence-corrected chi connectivity index (χ0v) is 21.6. The van der Waals surface area contributed by atoms with Crippen LogP contribution in [0.5, 0.6) is 0 Å². The summed E-state index contributed by atoms with van der Waals surface area (Å²) in [6.45, 7) is 8.95. The van der Waals surface area contributed by atoms with Gasteiger partial charge in [0.1, 0.15) is 5.78 Å². The van der Waals surface area contributed by atoms with E-state index in [0.717, 1.165) is 19.4 Å². The van der Waals surface area contributed by atoms with Crippen molar-refractivity contribution in [1.82, 2.24) is 4.90 Å². The van der Waals surface area contributed by atoms with Crippen LogP contribution in [0.3, 0.4) is 0 Å². The lowest BCUT2D eigenvalue weighted by atomic mass is 9.53. The fraction of sp³-hybridized carbons (Fsp3) is 0.929. The first-order valence-electron chi connectivity index (χ1n) is 13.6. The Balaban J connectivity index is 1.91. The standard InChI is InChI=1S/C28H53NO2/c1-6-7-8-9-10-11-12-13-14-15-16-17-18-19-20-21-22-29(5)27(31)26-23-25(24(2)30)28(26,3)4/h25-26H,6-23H2,1-5H3. The van der Waals surface area contributed by atoms with E-state index < -0.39 is 0 Å². The molecule has 1 aliphatic rings. The van der Waals surface area contributed by atoms with E-state index in [1.54, 1.807) is 6.92 Å². The zero-order valence-electron chi connectivity index (χ0n) is 21.6. The van der Waals surface area contributed by atoms with Crippen LogP contribution in [0, 0.1) is 17.3 Å². The predicted molar refractivity (Wildman–Crippen MR) is 133 cm³/mol. The minimum absolute atomic E-state index is 0.0208. The summed E-state index contributed by atoms with van der Waals surface area (Å²) in [6.07, 6.45) is 22.7. The fourth-order valence-corrected chi connectivity index (χ4v) is 5.31. The monoisotopic (exact) mass is 435 g/mol. The lowest BCUT2D eigenvalue weighted by Crippen LogP contribution is -2.54. The highest BCUT2D eigenvalue weighted by Crippen LogP contribution is 2.52. The second-order valence-corrected chi connectivity index (χ2v) is 10.8. The molecule has 0 aliphatic heterocycles. The van der Waals surface area contributed by atoms with Crippen molar-refractivity contribution in [2.24, 2.45) is 17.3 Å². The number of unbranched alkanes of at least 4 members (excludes halogenated alkanes) is 15. The summed E-state index contributed by atoms with van der Waals surface area (Å²) in [5.74, 6) is 0.552. The average molecular weight is 436 g/mol. The first-order valence-corrected chi connectivity index (χ1v) is 13.6. The fourth-order valence-electron chi connectivity index (χ4n) is 5.31. The quantitative estimate of drug-likeness (QED) is 0.193.